The molecule has 2 heterocycles. The monoisotopic (exact) mass is 598 g/mol. The highest BCUT2D eigenvalue weighted by Crippen LogP contribution is 2.43. The molecule has 232 valence electrons. The number of rotatable bonds is 10. The van der Waals surface area contributed by atoms with Gasteiger partial charge in [-0.2, -0.15) is 0 Å². The van der Waals surface area contributed by atoms with Gasteiger partial charge in [-0.15, -0.1) is 0 Å². The third-order valence-corrected chi connectivity index (χ3v) is 6.37. The fraction of sp³-hybridized carbons (Fsp3) is 0.630. The van der Waals surface area contributed by atoms with Crippen LogP contribution in [-0.2, 0) is 71.4 Å². The molecule has 1 saturated heterocycles. The summed E-state index contributed by atoms with van der Waals surface area (Å²) >= 11 is 0. The quantitative estimate of drug-likeness (QED) is 0.193. The van der Waals surface area contributed by atoms with Gasteiger partial charge < -0.3 is 42.6 Å². The van der Waals surface area contributed by atoms with Crippen molar-refractivity contribution in [3.8, 4) is 0 Å². The summed E-state index contributed by atoms with van der Waals surface area (Å²) in [7, 11) is 0. The molecule has 0 unspecified atom stereocenters. The molecular formula is C27H34O15. The zero-order valence-corrected chi connectivity index (χ0v) is 24.0. The molecule has 42 heavy (non-hydrogen) atoms. The first-order valence-electron chi connectivity index (χ1n) is 13.1. The third-order valence-electron chi connectivity index (χ3n) is 6.37. The van der Waals surface area contributed by atoms with Gasteiger partial charge in [0.1, 0.15) is 25.4 Å². The van der Waals surface area contributed by atoms with Crippen LogP contribution >= 0.6 is 0 Å². The molecule has 1 fully saturated rings. The topological polar surface area (TPSA) is 185 Å². The lowest BCUT2D eigenvalue weighted by Gasteiger charge is -2.45. The van der Waals surface area contributed by atoms with Crippen LogP contribution in [0.3, 0.4) is 0 Å². The second-order valence-electron chi connectivity index (χ2n) is 9.74. The highest BCUT2D eigenvalue weighted by Gasteiger charge is 2.55. The number of carbonyl (C=O) groups is 6. The van der Waals surface area contributed by atoms with E-state index < -0.39 is 97.4 Å². The zero-order valence-electron chi connectivity index (χ0n) is 24.0. The average Bonchev–Trinajstić information content (AvgIpc) is 3.22. The predicted molar refractivity (Wildman–Crippen MR) is 134 cm³/mol. The lowest BCUT2D eigenvalue weighted by atomic mass is 9.88. The normalized spacial score (nSPS) is 31.4. The Hall–Kier alpha value is -3.98. The lowest BCUT2D eigenvalue weighted by molar-refractivity contribution is -0.342. The molecule has 3 rings (SSSR count). The SMILES string of the molecule is CC(=O)OCC1=C[C@@H](OC(C)=O)[C@H]2C=CO[C@@H](O[C@H]3O[C@@H](COC(C)=O)[C@H](OC(C)=O)[C@@H](OC(C)=O)[C@@H]3OC(C)=O)[C@H]12. The van der Waals surface area contributed by atoms with E-state index in [-0.39, 0.29) is 6.61 Å². The number of hydrogen-bond acceptors (Lipinski definition) is 15. The first-order valence-corrected chi connectivity index (χ1v) is 13.1. The molecule has 15 nitrogen and oxygen atoms in total. The van der Waals surface area contributed by atoms with E-state index in [0.717, 1.165) is 27.7 Å². The fourth-order valence-corrected chi connectivity index (χ4v) is 4.95. The molecule has 0 aromatic rings. The predicted octanol–water partition coefficient (Wildman–Crippen LogP) is 0.623. The second kappa shape index (κ2) is 14.3. The zero-order chi connectivity index (χ0) is 31.1. The maximum absolute atomic E-state index is 12.1. The molecular weight excluding hydrogens is 564 g/mol. The maximum Gasteiger partial charge on any atom is 0.303 e. The van der Waals surface area contributed by atoms with Crippen molar-refractivity contribution in [2.24, 2.45) is 11.8 Å². The van der Waals surface area contributed by atoms with Gasteiger partial charge in [-0.1, -0.05) is 0 Å². The van der Waals surface area contributed by atoms with Crippen molar-refractivity contribution in [1.29, 1.82) is 0 Å². The van der Waals surface area contributed by atoms with Gasteiger partial charge >= 0.3 is 35.8 Å². The van der Waals surface area contributed by atoms with Gasteiger partial charge in [-0.3, -0.25) is 28.8 Å². The third kappa shape index (κ3) is 8.52. The standard InChI is InChI=1S/C27H34O15/c1-12(28)35-10-18-9-20(37-14(3)30)19-7-8-34-26(22(18)19)42-27-25(40-17(6)33)24(39-16(5)32)23(38-15(4)31)21(41-27)11-36-13(2)29/h7-9,19-27H,10-11H2,1-6H3/t19-,20-,21+,22-,23+,24-,25+,26+,27-/m1/s1. The van der Waals surface area contributed by atoms with Gasteiger partial charge in [0.15, 0.2) is 18.3 Å². The van der Waals surface area contributed by atoms with Gasteiger partial charge in [0.2, 0.25) is 12.6 Å². The molecule has 15 heteroatoms. The number of ether oxygens (including phenoxy) is 9. The molecule has 0 amide bonds. The summed E-state index contributed by atoms with van der Waals surface area (Å²) in [5.41, 5.74) is 0.515. The summed E-state index contributed by atoms with van der Waals surface area (Å²) in [6.45, 7) is 6.34. The molecule has 0 aromatic heterocycles. The van der Waals surface area contributed by atoms with E-state index in [1.165, 1.54) is 20.1 Å². The van der Waals surface area contributed by atoms with Crippen molar-refractivity contribution >= 4 is 35.8 Å². The van der Waals surface area contributed by atoms with Gasteiger partial charge in [-0.25, -0.2) is 0 Å². The van der Waals surface area contributed by atoms with Crippen LogP contribution in [-0.4, -0.2) is 92.1 Å². The highest BCUT2D eigenvalue weighted by atomic mass is 16.8. The van der Waals surface area contributed by atoms with Crippen molar-refractivity contribution in [3.05, 3.63) is 24.0 Å². The molecule has 0 radical (unpaired) electrons. The van der Waals surface area contributed by atoms with E-state index in [1.807, 2.05) is 0 Å². The Morgan fingerprint density at radius 2 is 1.26 bits per heavy atom. The van der Waals surface area contributed by atoms with Gasteiger partial charge in [0.05, 0.1) is 12.2 Å². The number of fused-ring (bicyclic) bond motifs is 1. The second-order valence-corrected chi connectivity index (χ2v) is 9.74. The van der Waals surface area contributed by atoms with Crippen molar-refractivity contribution in [2.75, 3.05) is 13.2 Å². The van der Waals surface area contributed by atoms with Crippen LogP contribution in [0.25, 0.3) is 0 Å². The average molecular weight is 599 g/mol. The molecule has 3 aliphatic rings. The van der Waals surface area contributed by atoms with Crippen LogP contribution in [0.4, 0.5) is 0 Å². The number of esters is 6. The summed E-state index contributed by atoms with van der Waals surface area (Å²) in [5, 5.41) is 0. The van der Waals surface area contributed by atoms with Crippen molar-refractivity contribution in [1.82, 2.24) is 0 Å². The molecule has 9 atom stereocenters. The molecule has 0 N–H and O–H groups in total. The minimum atomic E-state index is -1.52. The van der Waals surface area contributed by atoms with Gasteiger partial charge in [0, 0.05) is 47.5 Å². The fourth-order valence-electron chi connectivity index (χ4n) is 4.95. The summed E-state index contributed by atoms with van der Waals surface area (Å²) in [4.78, 5) is 71.1. The Bertz CT molecular complexity index is 1130. The van der Waals surface area contributed by atoms with Crippen molar-refractivity contribution in [3.63, 3.8) is 0 Å². The number of carbonyl (C=O) groups excluding carboxylic acids is 6. The Morgan fingerprint density at radius 1 is 0.690 bits per heavy atom. The minimum absolute atomic E-state index is 0.163. The van der Waals surface area contributed by atoms with Crippen LogP contribution in [0.1, 0.15) is 41.5 Å². The Morgan fingerprint density at radius 3 is 1.83 bits per heavy atom. The van der Waals surface area contributed by atoms with E-state index in [2.05, 4.69) is 0 Å². The smallest absolute Gasteiger partial charge is 0.303 e. The molecule has 0 aromatic carbocycles. The van der Waals surface area contributed by atoms with Gasteiger partial charge in [0.25, 0.3) is 0 Å². The summed E-state index contributed by atoms with van der Waals surface area (Å²) < 4.78 is 49.9. The van der Waals surface area contributed by atoms with E-state index in [0.29, 0.717) is 5.57 Å². The molecule has 2 aliphatic heterocycles. The van der Waals surface area contributed by atoms with E-state index in [9.17, 15) is 28.8 Å². The number of hydrogen-bond donors (Lipinski definition) is 0. The minimum Gasteiger partial charge on any atom is -0.472 e. The van der Waals surface area contributed by atoms with Crippen LogP contribution < -0.4 is 0 Å². The van der Waals surface area contributed by atoms with Crippen molar-refractivity contribution in [2.45, 2.75) is 84.6 Å². The van der Waals surface area contributed by atoms with Crippen LogP contribution in [0.5, 0.6) is 0 Å². The Labute approximate surface area is 241 Å². The van der Waals surface area contributed by atoms with Crippen LogP contribution in [0.2, 0.25) is 0 Å². The van der Waals surface area contributed by atoms with E-state index in [1.54, 1.807) is 12.2 Å². The first kappa shape index (κ1) is 32.5. The Kier molecular flexibility index (Phi) is 11.1. The Balaban J connectivity index is 1.99. The van der Waals surface area contributed by atoms with Crippen LogP contribution in [0.15, 0.2) is 24.0 Å². The van der Waals surface area contributed by atoms with Crippen LogP contribution in [0, 0.1) is 11.8 Å². The first-order chi connectivity index (χ1) is 19.8. The van der Waals surface area contributed by atoms with E-state index in [4.69, 9.17) is 42.6 Å². The highest BCUT2D eigenvalue weighted by molar-refractivity contribution is 5.69. The summed E-state index contributed by atoms with van der Waals surface area (Å²) in [6.07, 6.45) is -4.37. The largest absolute Gasteiger partial charge is 0.472 e. The summed E-state index contributed by atoms with van der Waals surface area (Å²) in [5.74, 6) is -5.31. The van der Waals surface area contributed by atoms with Gasteiger partial charge in [-0.05, 0) is 17.7 Å². The lowest BCUT2D eigenvalue weighted by Crippen LogP contribution is -2.63. The van der Waals surface area contributed by atoms with Crippen molar-refractivity contribution < 1.29 is 71.4 Å². The van der Waals surface area contributed by atoms with E-state index >= 15 is 0 Å². The molecule has 1 aliphatic carbocycles. The molecule has 0 spiro atoms. The molecule has 0 bridgehead atoms. The molecule has 0 saturated carbocycles. The maximum atomic E-state index is 12.1. The summed E-state index contributed by atoms with van der Waals surface area (Å²) in [6, 6.07) is 0.